The molecule has 0 bridgehead atoms. The van der Waals surface area contributed by atoms with E-state index in [0.29, 0.717) is 9.73 Å². The van der Waals surface area contributed by atoms with E-state index >= 15 is 0 Å². The zero-order valence-electron chi connectivity index (χ0n) is 5.74. The maximum atomic E-state index is 13.0. The maximum absolute atomic E-state index is 13.0. The van der Waals surface area contributed by atoms with Crippen molar-refractivity contribution >= 4 is 27.3 Å². The standard InChI is InChI=1S/C6H3BrFN3S/c7-4-3-11(5(8)10-4)6-9-1-2-12-6/h1-3H. The lowest BCUT2D eigenvalue weighted by molar-refractivity contribution is 0.522. The van der Waals surface area contributed by atoms with Crippen LogP contribution in [0.3, 0.4) is 0 Å². The third-order valence-corrected chi connectivity index (χ3v) is 2.41. The predicted octanol–water partition coefficient (Wildman–Crippen LogP) is 2.23. The van der Waals surface area contributed by atoms with Gasteiger partial charge in [0, 0.05) is 17.8 Å². The van der Waals surface area contributed by atoms with Crippen molar-refractivity contribution in [2.75, 3.05) is 0 Å². The number of halogens is 2. The highest BCUT2D eigenvalue weighted by Gasteiger charge is 2.08. The van der Waals surface area contributed by atoms with Crippen molar-refractivity contribution in [3.8, 4) is 5.13 Å². The van der Waals surface area contributed by atoms with Crippen LogP contribution in [0, 0.1) is 6.08 Å². The van der Waals surface area contributed by atoms with Gasteiger partial charge in [-0.1, -0.05) is 0 Å². The summed E-state index contributed by atoms with van der Waals surface area (Å²) in [5.41, 5.74) is 0. The van der Waals surface area contributed by atoms with E-state index in [4.69, 9.17) is 0 Å². The largest absolute Gasteiger partial charge is 0.296 e. The average molecular weight is 248 g/mol. The van der Waals surface area contributed by atoms with Crippen LogP contribution in [-0.4, -0.2) is 14.5 Å². The summed E-state index contributed by atoms with van der Waals surface area (Å²) in [5.74, 6) is 0. The molecule has 0 unspecified atom stereocenters. The van der Waals surface area contributed by atoms with Crippen molar-refractivity contribution in [3.05, 3.63) is 28.5 Å². The molecule has 0 atom stereocenters. The second kappa shape index (κ2) is 2.95. The van der Waals surface area contributed by atoms with Crippen molar-refractivity contribution in [2.24, 2.45) is 0 Å². The van der Waals surface area contributed by atoms with Crippen LogP contribution >= 0.6 is 27.3 Å². The Morgan fingerprint density at radius 1 is 1.58 bits per heavy atom. The Morgan fingerprint density at radius 3 is 2.92 bits per heavy atom. The second-order valence-electron chi connectivity index (χ2n) is 2.02. The van der Waals surface area contributed by atoms with Gasteiger partial charge in [0.1, 0.15) is 4.60 Å². The molecule has 2 rings (SSSR count). The quantitative estimate of drug-likeness (QED) is 0.774. The molecule has 0 aliphatic rings. The van der Waals surface area contributed by atoms with Gasteiger partial charge in [-0.2, -0.15) is 9.37 Å². The molecule has 3 nitrogen and oxygen atoms in total. The van der Waals surface area contributed by atoms with E-state index in [9.17, 15) is 4.39 Å². The number of rotatable bonds is 1. The van der Waals surface area contributed by atoms with Crippen LogP contribution in [0.15, 0.2) is 22.4 Å². The summed E-state index contributed by atoms with van der Waals surface area (Å²) in [7, 11) is 0. The number of imidazole rings is 1. The Labute approximate surface area is 80.0 Å². The van der Waals surface area contributed by atoms with E-state index in [1.807, 2.05) is 0 Å². The van der Waals surface area contributed by atoms with E-state index in [1.165, 1.54) is 22.1 Å². The number of nitrogens with zero attached hydrogens (tertiary/aromatic N) is 3. The first-order valence-electron chi connectivity index (χ1n) is 3.07. The molecule has 2 heterocycles. The lowest BCUT2D eigenvalue weighted by atomic mass is 10.9. The molecule has 0 N–H and O–H groups in total. The van der Waals surface area contributed by atoms with Gasteiger partial charge in [-0.25, -0.2) is 9.55 Å². The summed E-state index contributed by atoms with van der Waals surface area (Å²) < 4.78 is 14.7. The van der Waals surface area contributed by atoms with E-state index in [-0.39, 0.29) is 0 Å². The average Bonchev–Trinajstić information content (AvgIpc) is 2.58. The summed E-state index contributed by atoms with van der Waals surface area (Å²) in [6.07, 6.45) is 2.60. The Morgan fingerprint density at radius 2 is 2.42 bits per heavy atom. The third-order valence-electron chi connectivity index (χ3n) is 1.26. The minimum Gasteiger partial charge on any atom is -0.250 e. The molecule has 2 aromatic rings. The van der Waals surface area contributed by atoms with Crippen LogP contribution in [-0.2, 0) is 0 Å². The Balaban J connectivity index is 2.54. The van der Waals surface area contributed by atoms with Crippen LogP contribution in [0.5, 0.6) is 0 Å². The molecule has 2 aromatic heterocycles. The van der Waals surface area contributed by atoms with Gasteiger partial charge < -0.3 is 0 Å². The Kier molecular flexibility index (Phi) is 1.93. The SMILES string of the molecule is Fc1nc(Br)cn1-c1nccs1. The van der Waals surface area contributed by atoms with Gasteiger partial charge in [0.2, 0.25) is 0 Å². The molecular formula is C6H3BrFN3S. The number of thiazole rings is 1. The van der Waals surface area contributed by atoms with Gasteiger partial charge in [-0.15, -0.1) is 11.3 Å². The highest BCUT2D eigenvalue weighted by molar-refractivity contribution is 9.10. The lowest BCUT2D eigenvalue weighted by Gasteiger charge is -1.93. The molecule has 0 amide bonds. The number of aromatic nitrogens is 3. The minimum atomic E-state index is -0.558. The molecule has 12 heavy (non-hydrogen) atoms. The first-order valence-corrected chi connectivity index (χ1v) is 4.75. The second-order valence-corrected chi connectivity index (χ2v) is 3.70. The number of hydrogen-bond donors (Lipinski definition) is 0. The van der Waals surface area contributed by atoms with Gasteiger partial charge in [-0.3, -0.25) is 0 Å². The number of hydrogen-bond acceptors (Lipinski definition) is 3. The topological polar surface area (TPSA) is 30.7 Å². The fourth-order valence-electron chi connectivity index (χ4n) is 0.800. The lowest BCUT2D eigenvalue weighted by Crippen LogP contribution is -1.94. The summed E-state index contributed by atoms with van der Waals surface area (Å²) in [4.78, 5) is 7.49. The van der Waals surface area contributed by atoms with Crippen molar-refractivity contribution in [3.63, 3.8) is 0 Å². The summed E-state index contributed by atoms with van der Waals surface area (Å²) in [5, 5.41) is 2.36. The van der Waals surface area contributed by atoms with E-state index in [2.05, 4.69) is 25.9 Å². The molecule has 0 saturated heterocycles. The van der Waals surface area contributed by atoms with Gasteiger partial charge in [0.15, 0.2) is 5.13 Å². The summed E-state index contributed by atoms with van der Waals surface area (Å²) >= 11 is 4.43. The van der Waals surface area contributed by atoms with Crippen molar-refractivity contribution in [1.82, 2.24) is 14.5 Å². The zero-order valence-corrected chi connectivity index (χ0v) is 8.14. The molecule has 0 aliphatic heterocycles. The van der Waals surface area contributed by atoms with Crippen LogP contribution in [0.1, 0.15) is 0 Å². The summed E-state index contributed by atoms with van der Waals surface area (Å²) in [6, 6.07) is 0. The van der Waals surface area contributed by atoms with Crippen LogP contribution in [0.2, 0.25) is 0 Å². The molecule has 0 radical (unpaired) electrons. The first-order chi connectivity index (χ1) is 5.77. The normalized spacial score (nSPS) is 10.5. The fourth-order valence-corrected chi connectivity index (χ4v) is 1.76. The van der Waals surface area contributed by atoms with Gasteiger partial charge in [0.05, 0.1) is 0 Å². The third kappa shape index (κ3) is 1.27. The molecule has 0 spiro atoms. The van der Waals surface area contributed by atoms with E-state index in [0.717, 1.165) is 0 Å². The minimum absolute atomic E-state index is 0.468. The van der Waals surface area contributed by atoms with Gasteiger partial charge in [0.25, 0.3) is 6.08 Å². The highest BCUT2D eigenvalue weighted by atomic mass is 79.9. The Hall–Kier alpha value is -0.750. The predicted molar refractivity (Wildman–Crippen MR) is 46.9 cm³/mol. The maximum Gasteiger partial charge on any atom is 0.296 e. The smallest absolute Gasteiger partial charge is 0.250 e. The van der Waals surface area contributed by atoms with E-state index in [1.54, 1.807) is 11.6 Å². The summed E-state index contributed by atoms with van der Waals surface area (Å²) in [6.45, 7) is 0. The van der Waals surface area contributed by atoms with E-state index < -0.39 is 6.08 Å². The molecule has 0 saturated carbocycles. The van der Waals surface area contributed by atoms with Crippen LogP contribution in [0.4, 0.5) is 4.39 Å². The molecule has 6 heteroatoms. The molecule has 0 aliphatic carbocycles. The molecule has 0 aromatic carbocycles. The molecule has 0 fully saturated rings. The van der Waals surface area contributed by atoms with Crippen LogP contribution < -0.4 is 0 Å². The Bertz CT molecular complexity index is 383. The first kappa shape index (κ1) is 7.88. The monoisotopic (exact) mass is 247 g/mol. The van der Waals surface area contributed by atoms with Gasteiger partial charge in [-0.05, 0) is 15.9 Å². The van der Waals surface area contributed by atoms with Crippen molar-refractivity contribution in [2.45, 2.75) is 0 Å². The highest BCUT2D eigenvalue weighted by Crippen LogP contribution is 2.16. The zero-order chi connectivity index (χ0) is 8.55. The molecular weight excluding hydrogens is 245 g/mol. The van der Waals surface area contributed by atoms with Gasteiger partial charge >= 0.3 is 0 Å². The van der Waals surface area contributed by atoms with Crippen molar-refractivity contribution < 1.29 is 4.39 Å². The fraction of sp³-hybridized carbons (Fsp3) is 0. The molecule has 62 valence electrons. The van der Waals surface area contributed by atoms with Crippen molar-refractivity contribution in [1.29, 1.82) is 0 Å². The van der Waals surface area contributed by atoms with Crippen LogP contribution in [0.25, 0.3) is 5.13 Å².